The molecule has 138 valence electrons. The van der Waals surface area contributed by atoms with Gasteiger partial charge in [-0.05, 0) is 79.4 Å². The zero-order chi connectivity index (χ0) is 18.1. The van der Waals surface area contributed by atoms with E-state index in [1.807, 2.05) is 48.5 Å². The van der Waals surface area contributed by atoms with E-state index in [1.54, 1.807) is 6.20 Å². The molecule has 1 spiro atoms. The first-order valence-corrected chi connectivity index (χ1v) is 10.4. The molecule has 6 rings (SSSR count). The van der Waals surface area contributed by atoms with Crippen molar-refractivity contribution in [2.24, 2.45) is 23.2 Å². The second-order valence-corrected chi connectivity index (χ2v) is 9.46. The molecule has 0 N–H and O–H groups in total. The second kappa shape index (κ2) is 5.43. The minimum absolute atomic E-state index is 0.115. The van der Waals surface area contributed by atoms with Crippen molar-refractivity contribution in [2.45, 2.75) is 50.0 Å². The van der Waals surface area contributed by atoms with Crippen molar-refractivity contribution < 1.29 is 9.53 Å². The highest BCUT2D eigenvalue weighted by atomic mass is 16.6. The fourth-order valence-electron chi connectivity index (χ4n) is 7.29. The lowest BCUT2D eigenvalue weighted by Crippen LogP contribution is -2.43. The lowest BCUT2D eigenvalue weighted by molar-refractivity contribution is -0.164. The molecule has 27 heavy (non-hydrogen) atoms. The molecule has 6 unspecified atom stereocenters. The zero-order valence-electron chi connectivity index (χ0n) is 15.5. The van der Waals surface area contributed by atoms with Gasteiger partial charge in [-0.3, -0.25) is 9.78 Å². The smallest absolute Gasteiger partial charge is 0.320 e. The Labute approximate surface area is 160 Å². The quantitative estimate of drug-likeness (QED) is 0.741. The maximum absolute atomic E-state index is 13.5. The Morgan fingerprint density at radius 1 is 1.00 bits per heavy atom. The van der Waals surface area contributed by atoms with Gasteiger partial charge in [0.15, 0.2) is 0 Å². The van der Waals surface area contributed by atoms with Gasteiger partial charge < -0.3 is 4.74 Å². The highest BCUT2D eigenvalue weighted by Gasteiger charge is 2.72. The van der Waals surface area contributed by atoms with E-state index < -0.39 is 5.92 Å². The number of pyridine rings is 1. The predicted molar refractivity (Wildman–Crippen MR) is 102 cm³/mol. The van der Waals surface area contributed by atoms with E-state index >= 15 is 0 Å². The summed E-state index contributed by atoms with van der Waals surface area (Å²) in [5.74, 6) is 1.93. The molecule has 0 aliphatic heterocycles. The molecule has 0 saturated heterocycles. The molecule has 4 aliphatic carbocycles. The van der Waals surface area contributed by atoms with Crippen LogP contribution in [0.2, 0.25) is 0 Å². The van der Waals surface area contributed by atoms with Gasteiger partial charge in [-0.15, -0.1) is 0 Å². The van der Waals surface area contributed by atoms with E-state index in [9.17, 15) is 4.79 Å². The van der Waals surface area contributed by atoms with Crippen molar-refractivity contribution in [3.63, 3.8) is 0 Å². The summed E-state index contributed by atoms with van der Waals surface area (Å²) in [6, 6.07) is 15.7. The Kier molecular flexibility index (Phi) is 3.19. The molecule has 3 nitrogen and oxygen atoms in total. The highest BCUT2D eigenvalue weighted by Crippen LogP contribution is 2.77. The third-order valence-electron chi connectivity index (χ3n) is 8.08. The Bertz CT molecular complexity index is 838. The number of rotatable bonds is 4. The van der Waals surface area contributed by atoms with Crippen LogP contribution in [-0.2, 0) is 9.53 Å². The number of benzene rings is 1. The van der Waals surface area contributed by atoms with Crippen LogP contribution in [0.1, 0.15) is 55.7 Å². The fourth-order valence-corrected chi connectivity index (χ4v) is 7.29. The molecule has 1 heterocycles. The van der Waals surface area contributed by atoms with E-state index in [0.717, 1.165) is 48.3 Å². The van der Waals surface area contributed by atoms with Gasteiger partial charge in [0, 0.05) is 6.20 Å². The van der Waals surface area contributed by atoms with Crippen molar-refractivity contribution in [1.29, 1.82) is 0 Å². The minimum atomic E-state index is -0.437. The van der Waals surface area contributed by atoms with E-state index in [2.05, 4.69) is 4.98 Å². The van der Waals surface area contributed by atoms with Gasteiger partial charge in [0.05, 0.1) is 5.69 Å². The number of hydrogen-bond donors (Lipinski definition) is 0. The minimum Gasteiger partial charge on any atom is -0.458 e. The van der Waals surface area contributed by atoms with Crippen molar-refractivity contribution in [3.05, 3.63) is 66.0 Å². The Hall–Kier alpha value is -2.16. The van der Waals surface area contributed by atoms with Crippen LogP contribution in [0.4, 0.5) is 0 Å². The third-order valence-corrected chi connectivity index (χ3v) is 8.08. The molecule has 3 bridgehead atoms. The summed E-state index contributed by atoms with van der Waals surface area (Å²) in [6.07, 6.45) is 9.19. The van der Waals surface area contributed by atoms with Crippen molar-refractivity contribution >= 4 is 5.97 Å². The molecule has 2 aromatic rings. The van der Waals surface area contributed by atoms with Gasteiger partial charge in [0.25, 0.3) is 0 Å². The number of esters is 1. The number of hydrogen-bond acceptors (Lipinski definition) is 3. The molecular weight excluding hydrogens is 334 g/mol. The van der Waals surface area contributed by atoms with E-state index in [0.29, 0.717) is 5.41 Å². The summed E-state index contributed by atoms with van der Waals surface area (Å²) < 4.78 is 6.43. The lowest BCUT2D eigenvalue weighted by atomic mass is 9.56. The fraction of sp³-hybridized carbons (Fsp3) is 0.500. The molecule has 1 aromatic heterocycles. The normalized spacial score (nSPS) is 38.9. The van der Waals surface area contributed by atoms with Gasteiger partial charge in [-0.25, -0.2) is 0 Å². The van der Waals surface area contributed by atoms with E-state index in [1.165, 1.54) is 19.3 Å². The van der Waals surface area contributed by atoms with Crippen molar-refractivity contribution in [2.75, 3.05) is 0 Å². The first-order chi connectivity index (χ1) is 13.2. The van der Waals surface area contributed by atoms with Crippen LogP contribution in [0, 0.1) is 23.2 Å². The molecule has 4 fully saturated rings. The zero-order valence-corrected chi connectivity index (χ0v) is 15.5. The molecule has 6 atom stereocenters. The Morgan fingerprint density at radius 3 is 2.67 bits per heavy atom. The molecule has 4 saturated carbocycles. The van der Waals surface area contributed by atoms with Crippen LogP contribution in [0.5, 0.6) is 0 Å². The number of fused-ring (bicyclic) bond motifs is 2. The summed E-state index contributed by atoms with van der Waals surface area (Å²) in [4.78, 5) is 18.0. The average Bonchev–Trinajstić information content (AvgIpc) is 2.99. The Morgan fingerprint density at radius 2 is 1.85 bits per heavy atom. The van der Waals surface area contributed by atoms with Crippen LogP contribution < -0.4 is 0 Å². The summed E-state index contributed by atoms with van der Waals surface area (Å²) in [7, 11) is 0. The SMILES string of the molecule is O=C(OC12CC3CC4CC(C1)C4(C3)C2)C(c1ccccc1)c1ccccn1. The van der Waals surface area contributed by atoms with Gasteiger partial charge in [0.2, 0.25) is 0 Å². The summed E-state index contributed by atoms with van der Waals surface area (Å²) >= 11 is 0. The summed E-state index contributed by atoms with van der Waals surface area (Å²) in [5, 5.41) is 0. The predicted octanol–water partition coefficient (Wildman–Crippen LogP) is 4.73. The molecule has 4 aliphatic rings. The number of carbonyl (C=O) groups excluding carboxylic acids is 1. The largest absolute Gasteiger partial charge is 0.458 e. The number of ether oxygens (including phenoxy) is 1. The Balaban J connectivity index is 1.33. The van der Waals surface area contributed by atoms with E-state index in [-0.39, 0.29) is 11.6 Å². The standard InChI is InChI=1S/C24H25NO2/c26-22(21(17-6-2-1-3-7-17)20-8-4-5-9-25-20)27-23-12-16-10-18-11-19(14-23)24(18,13-16)15-23/h1-9,16,18-19,21H,10-15H2. The number of aromatic nitrogens is 1. The van der Waals surface area contributed by atoms with Gasteiger partial charge in [-0.2, -0.15) is 0 Å². The van der Waals surface area contributed by atoms with Gasteiger partial charge in [0.1, 0.15) is 11.5 Å². The van der Waals surface area contributed by atoms with E-state index in [4.69, 9.17) is 4.74 Å². The first-order valence-electron chi connectivity index (χ1n) is 10.4. The lowest BCUT2D eigenvalue weighted by Gasteiger charge is -2.49. The monoisotopic (exact) mass is 359 g/mol. The van der Waals surface area contributed by atoms with Crippen LogP contribution in [0.3, 0.4) is 0 Å². The molecular formula is C24H25NO2. The molecule has 0 amide bonds. The highest BCUT2D eigenvalue weighted by molar-refractivity contribution is 5.82. The third kappa shape index (κ3) is 2.20. The van der Waals surface area contributed by atoms with Gasteiger partial charge in [-0.1, -0.05) is 36.4 Å². The van der Waals surface area contributed by atoms with Crippen molar-refractivity contribution in [3.8, 4) is 0 Å². The van der Waals surface area contributed by atoms with Crippen LogP contribution >= 0.6 is 0 Å². The number of nitrogens with zero attached hydrogens (tertiary/aromatic N) is 1. The summed E-state index contributed by atoms with van der Waals surface area (Å²) in [6.45, 7) is 0. The first kappa shape index (κ1) is 15.9. The maximum atomic E-state index is 13.5. The van der Waals surface area contributed by atoms with Crippen LogP contribution in [0.15, 0.2) is 54.7 Å². The van der Waals surface area contributed by atoms with Crippen LogP contribution in [-0.4, -0.2) is 16.6 Å². The molecule has 1 aromatic carbocycles. The summed E-state index contributed by atoms with van der Waals surface area (Å²) in [5.41, 5.74) is 2.06. The molecule has 3 heteroatoms. The maximum Gasteiger partial charge on any atom is 0.320 e. The van der Waals surface area contributed by atoms with Crippen molar-refractivity contribution in [1.82, 2.24) is 4.98 Å². The number of carbonyl (C=O) groups is 1. The van der Waals surface area contributed by atoms with Crippen LogP contribution in [0.25, 0.3) is 0 Å². The van der Waals surface area contributed by atoms with Gasteiger partial charge >= 0.3 is 5.97 Å². The molecule has 0 radical (unpaired) electrons. The topological polar surface area (TPSA) is 39.2 Å². The average molecular weight is 359 g/mol. The second-order valence-electron chi connectivity index (χ2n) is 9.46.